The molecule has 3 heteroatoms. The summed E-state index contributed by atoms with van der Waals surface area (Å²) < 4.78 is 7.38. The summed E-state index contributed by atoms with van der Waals surface area (Å²) >= 11 is 0. The second kappa shape index (κ2) is 3.70. The van der Waals surface area contributed by atoms with E-state index >= 15 is 0 Å². The van der Waals surface area contributed by atoms with Crippen LogP contribution in [0.5, 0.6) is 5.75 Å². The number of ether oxygens (including phenoxy) is 1. The molecule has 0 N–H and O–H groups in total. The third-order valence-electron chi connectivity index (χ3n) is 2.10. The van der Waals surface area contributed by atoms with Crippen LogP contribution < -0.4 is 4.74 Å². The minimum atomic E-state index is 0.752. The second-order valence-electron chi connectivity index (χ2n) is 3.27. The van der Waals surface area contributed by atoms with Crippen LogP contribution in [0.4, 0.5) is 0 Å². The zero-order valence-electron chi connectivity index (χ0n) is 8.45. The van der Waals surface area contributed by atoms with Crippen LogP contribution in [0.3, 0.4) is 0 Å². The van der Waals surface area contributed by atoms with Gasteiger partial charge in [0.15, 0.2) is 6.33 Å². The molecule has 2 rings (SSSR count). The average Bonchev–Trinajstić information content (AvgIpc) is 2.57. The maximum absolute atomic E-state index is 5.51. The highest BCUT2D eigenvalue weighted by molar-refractivity contribution is 5.76. The fourth-order valence-corrected chi connectivity index (χ4v) is 1.37. The number of aromatic nitrogens is 2. The largest absolute Gasteiger partial charge is 0.494 e. The molecule has 0 spiro atoms. The summed E-state index contributed by atoms with van der Waals surface area (Å²) in [6, 6.07) is 5.92. The Bertz CT molecular complexity index is 434. The number of benzene rings is 1. The first kappa shape index (κ1) is 9.06. The third kappa shape index (κ3) is 1.58. The smallest absolute Gasteiger partial charge is 0.177 e. The van der Waals surface area contributed by atoms with Gasteiger partial charge in [-0.25, -0.2) is 4.98 Å². The normalized spacial score (nSPS) is 10.7. The van der Waals surface area contributed by atoms with Gasteiger partial charge >= 0.3 is 0 Å². The molecule has 0 saturated carbocycles. The van der Waals surface area contributed by atoms with Gasteiger partial charge in [-0.1, -0.05) is 6.92 Å². The summed E-state index contributed by atoms with van der Waals surface area (Å²) in [4.78, 5) is 4.14. The zero-order chi connectivity index (χ0) is 9.97. The van der Waals surface area contributed by atoms with E-state index in [2.05, 4.69) is 18.2 Å². The molecule has 3 nitrogen and oxygen atoms in total. The lowest BCUT2D eigenvalue weighted by molar-refractivity contribution is 0.318. The SMILES string of the molecule is CCCOc1ccc2c(c1)n[c]n2C. The van der Waals surface area contributed by atoms with Gasteiger partial charge in [-0.05, 0) is 18.6 Å². The summed E-state index contributed by atoms with van der Waals surface area (Å²) in [6.07, 6.45) is 3.89. The highest BCUT2D eigenvalue weighted by atomic mass is 16.5. The van der Waals surface area contributed by atoms with Crippen molar-refractivity contribution >= 4 is 11.0 Å². The van der Waals surface area contributed by atoms with Gasteiger partial charge in [0.2, 0.25) is 0 Å². The molecular weight excluding hydrogens is 176 g/mol. The Kier molecular flexibility index (Phi) is 2.39. The Morgan fingerprint density at radius 1 is 1.50 bits per heavy atom. The summed E-state index contributed by atoms with van der Waals surface area (Å²) in [7, 11) is 1.93. The van der Waals surface area contributed by atoms with E-state index in [1.165, 1.54) is 0 Å². The van der Waals surface area contributed by atoms with Crippen LogP contribution >= 0.6 is 0 Å². The fourth-order valence-electron chi connectivity index (χ4n) is 1.37. The van der Waals surface area contributed by atoms with Gasteiger partial charge in [0.05, 0.1) is 17.6 Å². The van der Waals surface area contributed by atoms with Crippen molar-refractivity contribution in [1.29, 1.82) is 0 Å². The first-order chi connectivity index (χ1) is 6.81. The number of imidazole rings is 1. The van der Waals surface area contributed by atoms with Crippen molar-refractivity contribution in [3.05, 3.63) is 24.5 Å². The van der Waals surface area contributed by atoms with E-state index in [1.54, 1.807) is 0 Å². The average molecular weight is 189 g/mol. The molecule has 0 unspecified atom stereocenters. The van der Waals surface area contributed by atoms with E-state index in [1.807, 2.05) is 29.8 Å². The molecule has 0 bridgehead atoms. The number of rotatable bonds is 3. The van der Waals surface area contributed by atoms with Crippen LogP contribution in [0, 0.1) is 6.33 Å². The summed E-state index contributed by atoms with van der Waals surface area (Å²) in [5.74, 6) is 0.881. The summed E-state index contributed by atoms with van der Waals surface area (Å²) in [5.41, 5.74) is 2.01. The van der Waals surface area contributed by atoms with Gasteiger partial charge in [-0.15, -0.1) is 0 Å². The molecule has 73 valence electrons. The van der Waals surface area contributed by atoms with Gasteiger partial charge in [0.25, 0.3) is 0 Å². The van der Waals surface area contributed by atoms with Crippen LogP contribution in [-0.2, 0) is 7.05 Å². The van der Waals surface area contributed by atoms with Crippen LogP contribution in [0.15, 0.2) is 18.2 Å². The van der Waals surface area contributed by atoms with Crippen molar-refractivity contribution in [2.75, 3.05) is 6.61 Å². The van der Waals surface area contributed by atoms with Gasteiger partial charge in [0.1, 0.15) is 5.75 Å². The van der Waals surface area contributed by atoms with E-state index in [0.717, 1.165) is 29.8 Å². The Morgan fingerprint density at radius 2 is 2.36 bits per heavy atom. The molecule has 0 fully saturated rings. The summed E-state index contributed by atoms with van der Waals surface area (Å²) in [5, 5.41) is 0. The van der Waals surface area contributed by atoms with Crippen molar-refractivity contribution in [2.45, 2.75) is 13.3 Å². The molecule has 14 heavy (non-hydrogen) atoms. The lowest BCUT2D eigenvalue weighted by Gasteiger charge is -2.03. The van der Waals surface area contributed by atoms with E-state index in [0.29, 0.717) is 0 Å². The lowest BCUT2D eigenvalue weighted by atomic mass is 10.3. The fraction of sp³-hybridized carbons (Fsp3) is 0.364. The topological polar surface area (TPSA) is 27.1 Å². The predicted octanol–water partition coefficient (Wildman–Crippen LogP) is 2.16. The molecule has 1 radical (unpaired) electrons. The molecule has 0 aliphatic carbocycles. The van der Waals surface area contributed by atoms with Crippen molar-refractivity contribution < 1.29 is 4.74 Å². The number of aryl methyl sites for hydroxylation is 1. The first-order valence-corrected chi connectivity index (χ1v) is 4.78. The number of hydrogen-bond acceptors (Lipinski definition) is 2. The van der Waals surface area contributed by atoms with Crippen molar-refractivity contribution in [2.24, 2.45) is 7.05 Å². The molecule has 1 heterocycles. The van der Waals surface area contributed by atoms with Crippen molar-refractivity contribution in [3.63, 3.8) is 0 Å². The van der Waals surface area contributed by atoms with Crippen molar-refractivity contribution in [1.82, 2.24) is 9.55 Å². The molecule has 2 aromatic rings. The Morgan fingerprint density at radius 3 is 3.14 bits per heavy atom. The second-order valence-corrected chi connectivity index (χ2v) is 3.27. The van der Waals surface area contributed by atoms with Gasteiger partial charge < -0.3 is 9.30 Å². The molecule has 0 amide bonds. The van der Waals surface area contributed by atoms with Crippen LogP contribution in [0.1, 0.15) is 13.3 Å². The van der Waals surface area contributed by atoms with Crippen LogP contribution in [0.25, 0.3) is 11.0 Å². The van der Waals surface area contributed by atoms with E-state index in [-0.39, 0.29) is 0 Å². The third-order valence-corrected chi connectivity index (χ3v) is 2.10. The maximum atomic E-state index is 5.51. The minimum Gasteiger partial charge on any atom is -0.494 e. The van der Waals surface area contributed by atoms with Crippen LogP contribution in [0.2, 0.25) is 0 Å². The van der Waals surface area contributed by atoms with E-state index in [9.17, 15) is 0 Å². The molecule has 0 aliphatic rings. The van der Waals surface area contributed by atoms with Gasteiger partial charge in [0, 0.05) is 13.1 Å². The van der Waals surface area contributed by atoms with E-state index in [4.69, 9.17) is 4.74 Å². The minimum absolute atomic E-state index is 0.752. The molecule has 0 saturated heterocycles. The quantitative estimate of drug-likeness (QED) is 0.739. The predicted molar refractivity (Wildman–Crippen MR) is 55.3 cm³/mol. The Hall–Kier alpha value is -1.51. The highest BCUT2D eigenvalue weighted by Gasteiger charge is 2.01. The van der Waals surface area contributed by atoms with Crippen molar-refractivity contribution in [3.8, 4) is 5.75 Å². The maximum Gasteiger partial charge on any atom is 0.177 e. The molecule has 1 aromatic heterocycles. The Balaban J connectivity index is 2.32. The molecular formula is C11H13N2O. The first-order valence-electron chi connectivity index (χ1n) is 4.78. The lowest BCUT2D eigenvalue weighted by Crippen LogP contribution is -1.94. The molecule has 0 aliphatic heterocycles. The standard InChI is InChI=1S/C11H13N2O/c1-3-6-14-9-4-5-11-10(7-9)12-8-13(11)2/h4-5,7H,3,6H2,1-2H3. The molecule has 1 aromatic carbocycles. The van der Waals surface area contributed by atoms with Crippen LogP contribution in [-0.4, -0.2) is 16.2 Å². The molecule has 0 atom stereocenters. The number of nitrogens with zero attached hydrogens (tertiary/aromatic N) is 2. The number of hydrogen-bond donors (Lipinski definition) is 0. The van der Waals surface area contributed by atoms with Gasteiger partial charge in [-0.3, -0.25) is 0 Å². The zero-order valence-corrected chi connectivity index (χ0v) is 8.45. The van der Waals surface area contributed by atoms with Gasteiger partial charge in [-0.2, -0.15) is 0 Å². The monoisotopic (exact) mass is 189 g/mol. The summed E-state index contributed by atoms with van der Waals surface area (Å²) in [6.45, 7) is 2.84. The number of fused-ring (bicyclic) bond motifs is 1. The Labute approximate surface area is 83.3 Å². The van der Waals surface area contributed by atoms with E-state index < -0.39 is 0 Å². The highest BCUT2D eigenvalue weighted by Crippen LogP contribution is 2.18.